The van der Waals surface area contributed by atoms with E-state index in [0.29, 0.717) is 0 Å². The fraction of sp³-hybridized carbons (Fsp3) is 0.929. The van der Waals surface area contributed by atoms with Crippen LogP contribution < -0.4 is 10.6 Å². The van der Waals surface area contributed by atoms with Crippen LogP contribution in [0.3, 0.4) is 0 Å². The molecule has 2 aliphatic rings. The highest BCUT2D eigenvalue weighted by molar-refractivity contribution is 5.78. The van der Waals surface area contributed by atoms with E-state index < -0.39 is 0 Å². The van der Waals surface area contributed by atoms with Crippen molar-refractivity contribution in [3.8, 4) is 0 Å². The molecule has 1 aliphatic heterocycles. The molecule has 3 heteroatoms. The van der Waals surface area contributed by atoms with Crippen LogP contribution in [-0.4, -0.2) is 25.5 Å². The molecule has 1 heterocycles. The maximum absolute atomic E-state index is 12.0. The number of rotatable bonds is 3. The number of piperidine rings is 1. The van der Waals surface area contributed by atoms with Crippen LogP contribution in [0.25, 0.3) is 0 Å². The summed E-state index contributed by atoms with van der Waals surface area (Å²) in [5.74, 6) is 2.11. The second kappa shape index (κ2) is 6.39. The Morgan fingerprint density at radius 2 is 2.00 bits per heavy atom. The van der Waals surface area contributed by atoms with Gasteiger partial charge in [0, 0.05) is 13.1 Å². The van der Waals surface area contributed by atoms with Gasteiger partial charge in [0.05, 0.1) is 5.92 Å². The standard InChI is InChI=1S/C14H26N2O/c1-11-4-6-12(7-5-11)9-16-14(17)13-3-2-8-15-10-13/h11-13,15H,2-10H2,1H3,(H,16,17)/t11?,12?,13-/m1/s1. The Morgan fingerprint density at radius 3 is 2.65 bits per heavy atom. The molecule has 1 saturated heterocycles. The Bertz CT molecular complexity index is 241. The SMILES string of the molecule is CC1CCC(CNC(=O)[C@@H]2CCCNC2)CC1. The fourth-order valence-corrected chi connectivity index (χ4v) is 3.00. The summed E-state index contributed by atoms with van der Waals surface area (Å²) in [5.41, 5.74) is 0. The lowest BCUT2D eigenvalue weighted by Gasteiger charge is -2.27. The van der Waals surface area contributed by atoms with Crippen molar-refractivity contribution in [2.45, 2.75) is 45.4 Å². The molecule has 0 aromatic rings. The molecule has 0 spiro atoms. The van der Waals surface area contributed by atoms with Gasteiger partial charge in [-0.25, -0.2) is 0 Å². The highest BCUT2D eigenvalue weighted by atomic mass is 16.1. The molecule has 1 amide bonds. The summed E-state index contributed by atoms with van der Waals surface area (Å²) >= 11 is 0. The van der Waals surface area contributed by atoms with Crippen molar-refractivity contribution >= 4 is 5.91 Å². The van der Waals surface area contributed by atoms with Crippen LogP contribution in [0.4, 0.5) is 0 Å². The first-order chi connectivity index (χ1) is 8.25. The Hall–Kier alpha value is -0.570. The molecule has 1 atom stereocenters. The monoisotopic (exact) mass is 238 g/mol. The minimum absolute atomic E-state index is 0.214. The first-order valence-electron chi connectivity index (χ1n) is 7.24. The molecule has 0 aromatic carbocycles. The van der Waals surface area contributed by atoms with E-state index in [2.05, 4.69) is 17.6 Å². The molecule has 0 unspecified atom stereocenters. The predicted octanol–water partition coefficient (Wildman–Crippen LogP) is 1.93. The van der Waals surface area contributed by atoms with Gasteiger partial charge in [-0.05, 0) is 44.1 Å². The van der Waals surface area contributed by atoms with Crippen LogP contribution in [0.1, 0.15) is 45.4 Å². The number of hydrogen-bond donors (Lipinski definition) is 2. The smallest absolute Gasteiger partial charge is 0.224 e. The average Bonchev–Trinajstić information content (AvgIpc) is 2.39. The average molecular weight is 238 g/mol. The van der Waals surface area contributed by atoms with Crippen molar-refractivity contribution in [2.75, 3.05) is 19.6 Å². The zero-order valence-corrected chi connectivity index (χ0v) is 11.0. The molecule has 1 saturated carbocycles. The molecule has 1 aliphatic carbocycles. The Labute approximate surface area is 105 Å². The normalized spacial score (nSPS) is 34.3. The minimum Gasteiger partial charge on any atom is -0.356 e. The van der Waals surface area contributed by atoms with Crippen molar-refractivity contribution in [1.29, 1.82) is 0 Å². The van der Waals surface area contributed by atoms with Gasteiger partial charge in [0.2, 0.25) is 5.91 Å². The zero-order chi connectivity index (χ0) is 12.1. The number of hydrogen-bond acceptors (Lipinski definition) is 2. The highest BCUT2D eigenvalue weighted by Crippen LogP contribution is 2.27. The van der Waals surface area contributed by atoms with Crippen molar-refractivity contribution in [1.82, 2.24) is 10.6 Å². The Morgan fingerprint density at radius 1 is 1.24 bits per heavy atom. The Balaban J connectivity index is 1.65. The third-order valence-corrected chi connectivity index (χ3v) is 4.37. The second-order valence-corrected chi connectivity index (χ2v) is 5.91. The van der Waals surface area contributed by atoms with E-state index in [9.17, 15) is 4.79 Å². The topological polar surface area (TPSA) is 41.1 Å². The second-order valence-electron chi connectivity index (χ2n) is 5.91. The van der Waals surface area contributed by atoms with Gasteiger partial charge in [-0.2, -0.15) is 0 Å². The molecule has 0 radical (unpaired) electrons. The molecular formula is C14H26N2O. The third kappa shape index (κ3) is 3.98. The molecule has 0 aromatic heterocycles. The summed E-state index contributed by atoms with van der Waals surface area (Å²) in [6.07, 6.45) is 7.46. The van der Waals surface area contributed by atoms with E-state index in [4.69, 9.17) is 0 Å². The van der Waals surface area contributed by atoms with Crippen molar-refractivity contribution < 1.29 is 4.79 Å². The molecular weight excluding hydrogens is 212 g/mol. The van der Waals surface area contributed by atoms with Crippen LogP contribution in [0, 0.1) is 17.8 Å². The van der Waals surface area contributed by atoms with Gasteiger partial charge < -0.3 is 10.6 Å². The lowest BCUT2D eigenvalue weighted by atomic mass is 9.83. The fourth-order valence-electron chi connectivity index (χ4n) is 3.00. The quantitative estimate of drug-likeness (QED) is 0.789. The minimum atomic E-state index is 0.214. The van der Waals surface area contributed by atoms with Gasteiger partial charge >= 0.3 is 0 Å². The van der Waals surface area contributed by atoms with E-state index in [1.54, 1.807) is 0 Å². The van der Waals surface area contributed by atoms with Gasteiger partial charge in [0.1, 0.15) is 0 Å². The lowest BCUT2D eigenvalue weighted by Crippen LogP contribution is -2.42. The van der Waals surface area contributed by atoms with E-state index in [1.807, 2.05) is 0 Å². The maximum Gasteiger partial charge on any atom is 0.224 e. The van der Waals surface area contributed by atoms with Gasteiger partial charge in [-0.1, -0.05) is 19.8 Å². The molecule has 2 fully saturated rings. The van der Waals surface area contributed by atoms with E-state index in [1.165, 1.54) is 25.7 Å². The molecule has 2 N–H and O–H groups in total. The summed E-state index contributed by atoms with van der Waals surface area (Å²) in [6, 6.07) is 0. The van der Waals surface area contributed by atoms with Crippen molar-refractivity contribution in [3.05, 3.63) is 0 Å². The van der Waals surface area contributed by atoms with Crippen LogP contribution >= 0.6 is 0 Å². The molecule has 0 bridgehead atoms. The zero-order valence-electron chi connectivity index (χ0n) is 11.0. The predicted molar refractivity (Wildman–Crippen MR) is 69.7 cm³/mol. The number of amides is 1. The molecule has 17 heavy (non-hydrogen) atoms. The van der Waals surface area contributed by atoms with Crippen molar-refractivity contribution in [2.24, 2.45) is 17.8 Å². The lowest BCUT2D eigenvalue weighted by molar-refractivity contribution is -0.125. The van der Waals surface area contributed by atoms with Crippen LogP contribution in [0.15, 0.2) is 0 Å². The van der Waals surface area contributed by atoms with Crippen LogP contribution in [0.5, 0.6) is 0 Å². The third-order valence-electron chi connectivity index (χ3n) is 4.37. The number of nitrogens with one attached hydrogen (secondary N) is 2. The van der Waals surface area contributed by atoms with E-state index in [-0.39, 0.29) is 11.8 Å². The van der Waals surface area contributed by atoms with Gasteiger partial charge in [0.25, 0.3) is 0 Å². The molecule has 98 valence electrons. The van der Waals surface area contributed by atoms with Crippen LogP contribution in [-0.2, 0) is 4.79 Å². The summed E-state index contributed by atoms with van der Waals surface area (Å²) < 4.78 is 0. The summed E-state index contributed by atoms with van der Waals surface area (Å²) in [4.78, 5) is 12.0. The summed E-state index contributed by atoms with van der Waals surface area (Å²) in [6.45, 7) is 5.18. The summed E-state index contributed by atoms with van der Waals surface area (Å²) in [5, 5.41) is 6.46. The Kier molecular flexibility index (Phi) is 4.84. The summed E-state index contributed by atoms with van der Waals surface area (Å²) in [7, 11) is 0. The van der Waals surface area contributed by atoms with Gasteiger partial charge in [0.15, 0.2) is 0 Å². The first kappa shape index (κ1) is 12.9. The molecule has 2 rings (SSSR count). The van der Waals surface area contributed by atoms with E-state index in [0.717, 1.165) is 44.3 Å². The number of carbonyl (C=O) groups excluding carboxylic acids is 1. The molecule has 3 nitrogen and oxygen atoms in total. The van der Waals surface area contributed by atoms with Crippen molar-refractivity contribution in [3.63, 3.8) is 0 Å². The first-order valence-corrected chi connectivity index (χ1v) is 7.24. The highest BCUT2D eigenvalue weighted by Gasteiger charge is 2.23. The van der Waals surface area contributed by atoms with E-state index >= 15 is 0 Å². The van der Waals surface area contributed by atoms with Crippen LogP contribution in [0.2, 0.25) is 0 Å². The maximum atomic E-state index is 12.0. The largest absolute Gasteiger partial charge is 0.356 e. The van der Waals surface area contributed by atoms with Gasteiger partial charge in [-0.3, -0.25) is 4.79 Å². The number of carbonyl (C=O) groups is 1. The van der Waals surface area contributed by atoms with Gasteiger partial charge in [-0.15, -0.1) is 0 Å².